The Bertz CT molecular complexity index is 309. The molecule has 0 saturated heterocycles. The normalized spacial score (nSPS) is 11.8. The summed E-state index contributed by atoms with van der Waals surface area (Å²) in [5.41, 5.74) is -0.0132. The van der Waals surface area contributed by atoms with Crippen LogP contribution < -0.4 is 10.6 Å². The highest BCUT2D eigenvalue weighted by atomic mass is 16.4. The summed E-state index contributed by atoms with van der Waals surface area (Å²) in [6, 6.07) is 0.500. The average Bonchev–Trinajstić information content (AvgIpc) is 2.65. The van der Waals surface area contributed by atoms with Gasteiger partial charge in [-0.15, -0.1) is 5.10 Å². The third-order valence-electron chi connectivity index (χ3n) is 2.50. The van der Waals surface area contributed by atoms with Gasteiger partial charge in [-0.1, -0.05) is 18.9 Å². The van der Waals surface area contributed by atoms with Gasteiger partial charge in [0.1, 0.15) is 0 Å². The first-order chi connectivity index (χ1) is 7.57. The second-order valence-electron chi connectivity index (χ2n) is 4.54. The molecule has 0 unspecified atom stereocenters. The van der Waals surface area contributed by atoms with E-state index in [9.17, 15) is 0 Å². The van der Waals surface area contributed by atoms with E-state index in [0.29, 0.717) is 18.5 Å². The largest absolute Gasteiger partial charge is 0.407 e. The van der Waals surface area contributed by atoms with Crippen LogP contribution in [-0.4, -0.2) is 22.3 Å². The van der Waals surface area contributed by atoms with E-state index < -0.39 is 0 Å². The van der Waals surface area contributed by atoms with Crippen LogP contribution in [0.1, 0.15) is 46.4 Å². The lowest BCUT2D eigenvalue weighted by Crippen LogP contribution is -2.29. The third kappa shape index (κ3) is 4.18. The van der Waals surface area contributed by atoms with Gasteiger partial charge < -0.3 is 15.1 Å². The number of hydrogen-bond acceptors (Lipinski definition) is 5. The summed E-state index contributed by atoms with van der Waals surface area (Å²) in [5, 5.41) is 14.4. The van der Waals surface area contributed by atoms with E-state index in [1.54, 1.807) is 0 Å². The zero-order valence-corrected chi connectivity index (χ0v) is 10.6. The molecule has 0 spiro atoms. The molecule has 92 valence electrons. The summed E-state index contributed by atoms with van der Waals surface area (Å²) < 4.78 is 5.47. The number of anilines is 1. The molecule has 0 saturated carbocycles. The van der Waals surface area contributed by atoms with E-state index in [-0.39, 0.29) is 5.54 Å². The highest BCUT2D eigenvalue weighted by Crippen LogP contribution is 2.16. The number of nitrogens with one attached hydrogen (secondary N) is 2. The van der Waals surface area contributed by atoms with Crippen molar-refractivity contribution in [1.29, 1.82) is 0 Å². The van der Waals surface area contributed by atoms with Crippen molar-refractivity contribution in [3.8, 4) is 0 Å². The third-order valence-corrected chi connectivity index (χ3v) is 2.50. The Morgan fingerprint density at radius 2 is 2.00 bits per heavy atom. The molecule has 1 rings (SSSR count). The minimum Gasteiger partial charge on any atom is -0.407 e. The van der Waals surface area contributed by atoms with Crippen molar-refractivity contribution in [2.24, 2.45) is 0 Å². The molecule has 0 fully saturated rings. The van der Waals surface area contributed by atoms with Crippen molar-refractivity contribution in [2.45, 2.75) is 52.6 Å². The van der Waals surface area contributed by atoms with Crippen molar-refractivity contribution in [1.82, 2.24) is 15.5 Å². The lowest BCUT2D eigenvalue weighted by molar-refractivity contribution is 0.454. The van der Waals surface area contributed by atoms with Gasteiger partial charge >= 0.3 is 6.01 Å². The smallest absolute Gasteiger partial charge is 0.315 e. The van der Waals surface area contributed by atoms with Crippen LogP contribution in [0.5, 0.6) is 0 Å². The van der Waals surface area contributed by atoms with Crippen LogP contribution >= 0.6 is 0 Å². The van der Waals surface area contributed by atoms with E-state index in [0.717, 1.165) is 19.4 Å². The fourth-order valence-corrected chi connectivity index (χ4v) is 1.13. The van der Waals surface area contributed by atoms with Gasteiger partial charge in [0.25, 0.3) is 0 Å². The fraction of sp³-hybridized carbons (Fsp3) is 0.818. The monoisotopic (exact) mass is 226 g/mol. The molecule has 1 aromatic heterocycles. The first kappa shape index (κ1) is 13.0. The van der Waals surface area contributed by atoms with Crippen molar-refractivity contribution >= 4 is 6.01 Å². The van der Waals surface area contributed by atoms with Gasteiger partial charge in [-0.05, 0) is 33.2 Å². The van der Waals surface area contributed by atoms with Gasteiger partial charge in [0.05, 0.1) is 6.54 Å². The first-order valence-corrected chi connectivity index (χ1v) is 5.88. The molecule has 5 nitrogen and oxygen atoms in total. The summed E-state index contributed by atoms with van der Waals surface area (Å²) >= 11 is 0. The number of aromatic nitrogens is 2. The lowest BCUT2D eigenvalue weighted by Gasteiger charge is -2.22. The highest BCUT2D eigenvalue weighted by molar-refractivity contribution is 5.22. The predicted octanol–water partition coefficient (Wildman–Crippen LogP) is 2.17. The van der Waals surface area contributed by atoms with Crippen LogP contribution in [0.15, 0.2) is 4.42 Å². The Hall–Kier alpha value is -1.10. The molecular weight excluding hydrogens is 204 g/mol. The number of hydrogen-bond donors (Lipinski definition) is 2. The van der Waals surface area contributed by atoms with Crippen LogP contribution in [0, 0.1) is 0 Å². The van der Waals surface area contributed by atoms with Crippen LogP contribution in [0.25, 0.3) is 0 Å². The van der Waals surface area contributed by atoms with Crippen LogP contribution in [0.2, 0.25) is 0 Å². The lowest BCUT2D eigenvalue weighted by atomic mass is 10.0. The standard InChI is InChI=1S/C11H22N4O/c1-5-7-12-8-9-14-15-10(16-9)13-11(3,4)6-2/h12H,5-8H2,1-4H3,(H,13,15). The molecule has 0 aliphatic carbocycles. The quantitative estimate of drug-likeness (QED) is 0.698. The molecule has 0 radical (unpaired) electrons. The van der Waals surface area contributed by atoms with Gasteiger partial charge in [0.15, 0.2) is 0 Å². The predicted molar refractivity (Wildman–Crippen MR) is 64.3 cm³/mol. The Labute approximate surface area is 97.0 Å². The second kappa shape index (κ2) is 5.84. The van der Waals surface area contributed by atoms with E-state index in [1.165, 1.54) is 0 Å². The summed E-state index contributed by atoms with van der Waals surface area (Å²) in [5.74, 6) is 0.628. The van der Waals surface area contributed by atoms with Crippen LogP contribution in [-0.2, 0) is 6.54 Å². The van der Waals surface area contributed by atoms with E-state index in [1.807, 2.05) is 0 Å². The summed E-state index contributed by atoms with van der Waals surface area (Å²) in [6.45, 7) is 10.0. The van der Waals surface area contributed by atoms with Crippen LogP contribution in [0.4, 0.5) is 6.01 Å². The summed E-state index contributed by atoms with van der Waals surface area (Å²) in [7, 11) is 0. The summed E-state index contributed by atoms with van der Waals surface area (Å²) in [6.07, 6.45) is 2.10. The van der Waals surface area contributed by atoms with E-state index >= 15 is 0 Å². The maximum Gasteiger partial charge on any atom is 0.315 e. The first-order valence-electron chi connectivity index (χ1n) is 5.88. The SMILES string of the molecule is CCCNCc1nnc(NC(C)(C)CC)o1. The molecule has 1 heterocycles. The average molecular weight is 226 g/mol. The maximum absolute atomic E-state index is 5.47. The molecule has 0 amide bonds. The van der Waals surface area contributed by atoms with Gasteiger partial charge in [0, 0.05) is 5.54 Å². The van der Waals surface area contributed by atoms with Gasteiger partial charge in [-0.2, -0.15) is 0 Å². The van der Waals surface area contributed by atoms with E-state index in [2.05, 4.69) is 48.5 Å². The number of nitrogens with zero attached hydrogens (tertiary/aromatic N) is 2. The fourth-order valence-electron chi connectivity index (χ4n) is 1.13. The van der Waals surface area contributed by atoms with Gasteiger partial charge in [-0.25, -0.2) is 0 Å². The molecule has 5 heteroatoms. The molecule has 0 atom stereocenters. The Morgan fingerprint density at radius 3 is 2.62 bits per heavy atom. The zero-order valence-electron chi connectivity index (χ0n) is 10.6. The highest BCUT2D eigenvalue weighted by Gasteiger charge is 2.17. The Balaban J connectivity index is 2.45. The maximum atomic E-state index is 5.47. The molecule has 16 heavy (non-hydrogen) atoms. The van der Waals surface area contributed by atoms with Gasteiger partial charge in [-0.3, -0.25) is 0 Å². The topological polar surface area (TPSA) is 63.0 Å². The van der Waals surface area contributed by atoms with Crippen molar-refractivity contribution < 1.29 is 4.42 Å². The van der Waals surface area contributed by atoms with Crippen LogP contribution in [0.3, 0.4) is 0 Å². The Morgan fingerprint density at radius 1 is 1.25 bits per heavy atom. The van der Waals surface area contributed by atoms with Gasteiger partial charge in [0.2, 0.25) is 5.89 Å². The minimum atomic E-state index is -0.0132. The molecular formula is C11H22N4O. The van der Waals surface area contributed by atoms with Crippen molar-refractivity contribution in [2.75, 3.05) is 11.9 Å². The van der Waals surface area contributed by atoms with E-state index in [4.69, 9.17) is 4.42 Å². The molecule has 0 aliphatic heterocycles. The van der Waals surface area contributed by atoms with Crippen molar-refractivity contribution in [3.63, 3.8) is 0 Å². The zero-order chi connectivity index (χ0) is 12.0. The van der Waals surface area contributed by atoms with Crippen molar-refractivity contribution in [3.05, 3.63) is 5.89 Å². The molecule has 1 aromatic rings. The molecule has 0 aromatic carbocycles. The molecule has 0 bridgehead atoms. The summed E-state index contributed by atoms with van der Waals surface area (Å²) in [4.78, 5) is 0. The minimum absolute atomic E-state index is 0.0132. The molecule has 2 N–H and O–H groups in total. The number of rotatable bonds is 7. The Kier molecular flexibility index (Phi) is 4.73. The molecule has 0 aliphatic rings. The second-order valence-corrected chi connectivity index (χ2v) is 4.54.